The fourth-order valence-corrected chi connectivity index (χ4v) is 3.48. The van der Waals surface area contributed by atoms with E-state index in [1.165, 1.54) is 6.92 Å². The highest BCUT2D eigenvalue weighted by molar-refractivity contribution is 7.92. The Morgan fingerprint density at radius 2 is 1.70 bits per heavy atom. The molecule has 6 heteroatoms. The molecule has 5 nitrogen and oxygen atoms in total. The van der Waals surface area contributed by atoms with Crippen LogP contribution in [-0.2, 0) is 27.7 Å². The van der Waals surface area contributed by atoms with Gasteiger partial charge in [0.15, 0.2) is 0 Å². The Morgan fingerprint density at radius 1 is 1.25 bits per heavy atom. The summed E-state index contributed by atoms with van der Waals surface area (Å²) in [5.41, 5.74) is 2.18. The highest BCUT2D eigenvalue weighted by atomic mass is 32.2. The quantitative estimate of drug-likeness (QED) is 0.872. The molecular weight excluding hydrogens is 278 g/mol. The summed E-state index contributed by atoms with van der Waals surface area (Å²) < 4.78 is 25.2. The van der Waals surface area contributed by atoms with Crippen LogP contribution < -0.4 is 4.31 Å². The topological polar surface area (TPSA) is 74.7 Å². The van der Waals surface area contributed by atoms with Crippen LogP contribution in [0.15, 0.2) is 18.2 Å². The molecule has 0 saturated carbocycles. The van der Waals surface area contributed by atoms with Gasteiger partial charge in [-0.05, 0) is 30.9 Å². The summed E-state index contributed by atoms with van der Waals surface area (Å²) in [6, 6.07) is 4.40. The number of anilines is 1. The minimum atomic E-state index is -3.67. The van der Waals surface area contributed by atoms with Crippen LogP contribution >= 0.6 is 0 Å². The lowest BCUT2D eigenvalue weighted by molar-refractivity contribution is -0.137. The molecular formula is C14H21NO4S. The molecule has 112 valence electrons. The van der Waals surface area contributed by atoms with E-state index >= 15 is 0 Å². The monoisotopic (exact) mass is 299 g/mol. The Bertz CT molecular complexity index is 573. The molecule has 0 spiro atoms. The number of carbonyl (C=O) groups is 1. The number of sulfonamides is 1. The summed E-state index contributed by atoms with van der Waals surface area (Å²) in [7, 11) is -3.67. The Balaban J connectivity index is 3.61. The van der Waals surface area contributed by atoms with Gasteiger partial charge in [-0.2, -0.15) is 0 Å². The van der Waals surface area contributed by atoms with Crippen LogP contribution in [0.4, 0.5) is 5.69 Å². The maximum Gasteiger partial charge on any atom is 0.327 e. The molecule has 1 atom stereocenters. The Labute approximate surface area is 120 Å². The van der Waals surface area contributed by atoms with Gasteiger partial charge < -0.3 is 5.11 Å². The molecule has 20 heavy (non-hydrogen) atoms. The summed E-state index contributed by atoms with van der Waals surface area (Å²) in [5, 5.41) is 9.20. The number of aryl methyl sites for hydroxylation is 2. The van der Waals surface area contributed by atoms with Gasteiger partial charge in [0.1, 0.15) is 6.04 Å². The molecule has 0 aliphatic heterocycles. The molecule has 0 aliphatic carbocycles. The molecule has 1 N–H and O–H groups in total. The minimum absolute atomic E-state index is 0.509. The zero-order chi connectivity index (χ0) is 15.5. The maximum atomic E-state index is 12.1. The number of carboxylic acid groups (broad SMARTS) is 1. The number of rotatable bonds is 6. The largest absolute Gasteiger partial charge is 0.480 e. The van der Waals surface area contributed by atoms with Crippen molar-refractivity contribution in [3.63, 3.8) is 0 Å². The van der Waals surface area contributed by atoms with Crippen LogP contribution in [0.25, 0.3) is 0 Å². The van der Waals surface area contributed by atoms with Gasteiger partial charge in [0.25, 0.3) is 0 Å². The van der Waals surface area contributed by atoms with Crippen LogP contribution in [0, 0.1) is 0 Å². The van der Waals surface area contributed by atoms with E-state index in [-0.39, 0.29) is 0 Å². The zero-order valence-corrected chi connectivity index (χ0v) is 13.1. The molecule has 1 aromatic rings. The van der Waals surface area contributed by atoms with Gasteiger partial charge in [-0.15, -0.1) is 0 Å². The number of hydrogen-bond donors (Lipinski definition) is 1. The number of para-hydroxylation sites is 1. The molecule has 0 aromatic heterocycles. The Kier molecular flexibility index (Phi) is 5.16. The van der Waals surface area contributed by atoms with Crippen molar-refractivity contribution in [3.05, 3.63) is 29.3 Å². The number of aliphatic carboxylic acids is 1. The van der Waals surface area contributed by atoms with Crippen LogP contribution in [0.2, 0.25) is 0 Å². The van der Waals surface area contributed by atoms with Crippen molar-refractivity contribution in [2.24, 2.45) is 0 Å². The SMILES string of the molecule is CCc1cccc(CC)c1N(C(C)C(=O)O)S(C)(=O)=O. The first kappa shape index (κ1) is 16.5. The molecule has 0 bridgehead atoms. The van der Waals surface area contributed by atoms with Crippen molar-refractivity contribution < 1.29 is 18.3 Å². The normalized spacial score (nSPS) is 13.0. The molecule has 1 rings (SSSR count). The first-order chi connectivity index (χ1) is 9.23. The lowest BCUT2D eigenvalue weighted by atomic mass is 10.0. The van der Waals surface area contributed by atoms with E-state index in [1.54, 1.807) is 0 Å². The second-order valence-corrected chi connectivity index (χ2v) is 6.56. The molecule has 0 heterocycles. The summed E-state index contributed by atoms with van der Waals surface area (Å²) in [6.45, 7) is 5.23. The molecule has 1 unspecified atom stereocenters. The van der Waals surface area contributed by atoms with E-state index in [2.05, 4.69) is 0 Å². The number of nitrogens with zero attached hydrogens (tertiary/aromatic N) is 1. The van der Waals surface area contributed by atoms with Gasteiger partial charge >= 0.3 is 5.97 Å². The van der Waals surface area contributed by atoms with Gasteiger partial charge in [-0.25, -0.2) is 13.2 Å². The summed E-state index contributed by atoms with van der Waals surface area (Å²) in [6.07, 6.45) is 2.32. The predicted molar refractivity (Wildman–Crippen MR) is 79.6 cm³/mol. The van der Waals surface area contributed by atoms with Gasteiger partial charge in [0.05, 0.1) is 11.9 Å². The third kappa shape index (κ3) is 3.30. The van der Waals surface area contributed by atoms with E-state index in [4.69, 9.17) is 0 Å². The molecule has 0 aliphatic rings. The van der Waals surface area contributed by atoms with E-state index in [0.29, 0.717) is 18.5 Å². The predicted octanol–water partition coefficient (Wildman–Crippen LogP) is 2.05. The Hall–Kier alpha value is -1.56. The summed E-state index contributed by atoms with van der Waals surface area (Å²) in [4.78, 5) is 11.3. The number of hydrogen-bond acceptors (Lipinski definition) is 3. The molecule has 0 fully saturated rings. The first-order valence-corrected chi connectivity index (χ1v) is 8.41. The fraction of sp³-hybridized carbons (Fsp3) is 0.500. The van der Waals surface area contributed by atoms with Crippen molar-refractivity contribution >= 4 is 21.7 Å². The van der Waals surface area contributed by atoms with Crippen molar-refractivity contribution in [1.82, 2.24) is 0 Å². The number of carboxylic acids is 1. The minimum Gasteiger partial charge on any atom is -0.480 e. The van der Waals surface area contributed by atoms with E-state index in [1.807, 2.05) is 32.0 Å². The number of benzene rings is 1. The lowest BCUT2D eigenvalue weighted by Crippen LogP contribution is -2.43. The molecule has 0 saturated heterocycles. The van der Waals surface area contributed by atoms with Crippen molar-refractivity contribution in [2.45, 2.75) is 39.7 Å². The lowest BCUT2D eigenvalue weighted by Gasteiger charge is -2.30. The van der Waals surface area contributed by atoms with Crippen molar-refractivity contribution in [1.29, 1.82) is 0 Å². The average molecular weight is 299 g/mol. The third-order valence-corrected chi connectivity index (χ3v) is 4.47. The average Bonchev–Trinajstić information content (AvgIpc) is 2.37. The summed E-state index contributed by atoms with van der Waals surface area (Å²) in [5.74, 6) is -1.16. The van der Waals surface area contributed by atoms with Gasteiger partial charge in [0, 0.05) is 0 Å². The molecule has 0 radical (unpaired) electrons. The molecule has 1 aromatic carbocycles. The molecule has 0 amide bonds. The van der Waals surface area contributed by atoms with Crippen LogP contribution in [0.3, 0.4) is 0 Å². The van der Waals surface area contributed by atoms with Gasteiger partial charge in [-0.3, -0.25) is 4.31 Å². The maximum absolute atomic E-state index is 12.1. The van der Waals surface area contributed by atoms with Crippen molar-refractivity contribution in [2.75, 3.05) is 10.6 Å². The Morgan fingerprint density at radius 3 is 2.00 bits per heavy atom. The first-order valence-electron chi connectivity index (χ1n) is 6.57. The second kappa shape index (κ2) is 6.26. The zero-order valence-electron chi connectivity index (χ0n) is 12.3. The van der Waals surface area contributed by atoms with Gasteiger partial charge in [0.2, 0.25) is 10.0 Å². The van der Waals surface area contributed by atoms with E-state index in [9.17, 15) is 18.3 Å². The van der Waals surface area contributed by atoms with E-state index < -0.39 is 22.0 Å². The van der Waals surface area contributed by atoms with Crippen LogP contribution in [0.1, 0.15) is 31.9 Å². The highest BCUT2D eigenvalue weighted by Crippen LogP contribution is 2.30. The fourth-order valence-electron chi connectivity index (χ4n) is 2.25. The summed E-state index contributed by atoms with van der Waals surface area (Å²) >= 11 is 0. The van der Waals surface area contributed by atoms with Crippen molar-refractivity contribution in [3.8, 4) is 0 Å². The van der Waals surface area contributed by atoms with Crippen LogP contribution in [-0.4, -0.2) is 31.8 Å². The standard InChI is InChI=1S/C14H21NO4S/c1-5-11-8-7-9-12(6-2)13(11)15(20(4,18)19)10(3)14(16)17/h7-10H,5-6H2,1-4H3,(H,16,17). The second-order valence-electron chi connectivity index (χ2n) is 4.71. The highest BCUT2D eigenvalue weighted by Gasteiger charge is 2.31. The van der Waals surface area contributed by atoms with Gasteiger partial charge in [-0.1, -0.05) is 32.0 Å². The van der Waals surface area contributed by atoms with Crippen LogP contribution in [0.5, 0.6) is 0 Å². The third-order valence-electron chi connectivity index (χ3n) is 3.25. The van der Waals surface area contributed by atoms with E-state index in [0.717, 1.165) is 21.7 Å². The smallest absolute Gasteiger partial charge is 0.327 e.